The van der Waals surface area contributed by atoms with E-state index in [-0.39, 0.29) is 17.8 Å². The molecule has 100 valence electrons. The van der Waals surface area contributed by atoms with E-state index in [4.69, 9.17) is 0 Å². The first-order chi connectivity index (χ1) is 9.20. The minimum atomic E-state index is -0.489. The van der Waals surface area contributed by atoms with Crippen molar-refractivity contribution >= 4 is 5.91 Å². The Morgan fingerprint density at radius 3 is 2.68 bits per heavy atom. The van der Waals surface area contributed by atoms with Crippen molar-refractivity contribution in [2.45, 2.75) is 25.8 Å². The van der Waals surface area contributed by atoms with Crippen LogP contribution in [0.2, 0.25) is 0 Å². The molecule has 6 nitrogen and oxygen atoms in total. The van der Waals surface area contributed by atoms with Crippen LogP contribution in [0.4, 0.5) is 0 Å². The second-order valence-corrected chi connectivity index (χ2v) is 4.25. The van der Waals surface area contributed by atoms with Gasteiger partial charge in [-0.2, -0.15) is 0 Å². The van der Waals surface area contributed by atoms with E-state index >= 15 is 0 Å². The van der Waals surface area contributed by atoms with Crippen LogP contribution in [-0.4, -0.2) is 21.1 Å². The molecule has 0 bridgehead atoms. The number of nitrogens with zero attached hydrogens (tertiary/aromatic N) is 1. The van der Waals surface area contributed by atoms with Gasteiger partial charge in [-0.05, 0) is 12.0 Å². The molecule has 1 atom stereocenters. The lowest BCUT2D eigenvalue weighted by Gasteiger charge is -2.17. The first-order valence-electron chi connectivity index (χ1n) is 6.21. The van der Waals surface area contributed by atoms with Crippen molar-refractivity contribution in [2.75, 3.05) is 0 Å². The van der Waals surface area contributed by atoms with E-state index in [1.54, 1.807) is 0 Å². The zero-order chi connectivity index (χ0) is 13.7. The second kappa shape index (κ2) is 5.99. The Morgan fingerprint density at radius 2 is 2.11 bits per heavy atom. The lowest BCUT2D eigenvalue weighted by atomic mass is 10.0. The van der Waals surface area contributed by atoms with E-state index in [9.17, 15) is 9.59 Å². The molecule has 0 spiro atoms. The molecule has 0 saturated carbocycles. The normalized spacial score (nSPS) is 12.1. The summed E-state index contributed by atoms with van der Waals surface area (Å²) in [6.45, 7) is 2.05. The molecule has 1 heterocycles. The molecular formula is C13H16N4O2. The zero-order valence-electron chi connectivity index (χ0n) is 10.6. The maximum absolute atomic E-state index is 12.0. The molecule has 1 aromatic carbocycles. The van der Waals surface area contributed by atoms with Crippen LogP contribution < -0.4 is 11.0 Å². The average molecular weight is 260 g/mol. The summed E-state index contributed by atoms with van der Waals surface area (Å²) in [5, 5.41) is 8.66. The smallest absolute Gasteiger partial charge is 0.341 e. The molecule has 0 unspecified atom stereocenters. The van der Waals surface area contributed by atoms with Gasteiger partial charge >= 0.3 is 5.69 Å². The molecular weight excluding hydrogens is 244 g/mol. The van der Waals surface area contributed by atoms with Gasteiger partial charge < -0.3 is 5.32 Å². The second-order valence-electron chi connectivity index (χ2n) is 4.25. The third-order valence-electron chi connectivity index (χ3n) is 2.80. The predicted octanol–water partition coefficient (Wildman–Crippen LogP) is 1.37. The SMILES string of the molecule is CCC[C@H](NC(=O)c1n[nH]c(=O)[nH]1)c1ccccc1. The van der Waals surface area contributed by atoms with Gasteiger partial charge in [0.15, 0.2) is 0 Å². The summed E-state index contributed by atoms with van der Waals surface area (Å²) in [6.07, 6.45) is 1.77. The van der Waals surface area contributed by atoms with Crippen LogP contribution in [0.5, 0.6) is 0 Å². The largest absolute Gasteiger partial charge is 0.343 e. The predicted molar refractivity (Wildman–Crippen MR) is 70.8 cm³/mol. The Balaban J connectivity index is 2.13. The molecule has 0 aliphatic rings. The van der Waals surface area contributed by atoms with Crippen LogP contribution in [0, 0.1) is 0 Å². The molecule has 0 aliphatic carbocycles. The standard InChI is InChI=1S/C13H16N4O2/c1-2-6-10(9-7-4-3-5-8-9)14-12(18)11-15-13(19)17-16-11/h3-5,7-8,10H,2,6H2,1H3,(H,14,18)(H2,15,16,17,19)/t10-/m0/s1. The highest BCUT2D eigenvalue weighted by Crippen LogP contribution is 2.18. The fourth-order valence-electron chi connectivity index (χ4n) is 1.90. The number of rotatable bonds is 5. The summed E-state index contributed by atoms with van der Waals surface area (Å²) in [7, 11) is 0. The van der Waals surface area contributed by atoms with Crippen LogP contribution in [0.25, 0.3) is 0 Å². The van der Waals surface area contributed by atoms with Gasteiger partial charge in [0.25, 0.3) is 5.91 Å². The Hall–Kier alpha value is -2.37. The van der Waals surface area contributed by atoms with Crippen molar-refractivity contribution in [3.8, 4) is 0 Å². The van der Waals surface area contributed by atoms with Crippen LogP contribution in [0.3, 0.4) is 0 Å². The maximum Gasteiger partial charge on any atom is 0.341 e. The summed E-state index contributed by atoms with van der Waals surface area (Å²) in [6, 6.07) is 9.64. The third-order valence-corrected chi connectivity index (χ3v) is 2.80. The summed E-state index contributed by atoms with van der Waals surface area (Å²) in [4.78, 5) is 25.2. The molecule has 0 saturated heterocycles. The van der Waals surface area contributed by atoms with Gasteiger partial charge in [0.2, 0.25) is 5.82 Å². The fourth-order valence-corrected chi connectivity index (χ4v) is 1.90. The number of hydrogen-bond acceptors (Lipinski definition) is 3. The molecule has 2 aromatic rings. The summed E-state index contributed by atoms with van der Waals surface area (Å²) in [5.74, 6) is -0.386. The topological polar surface area (TPSA) is 90.6 Å². The Morgan fingerprint density at radius 1 is 1.37 bits per heavy atom. The van der Waals surface area contributed by atoms with Crippen molar-refractivity contribution in [1.29, 1.82) is 0 Å². The van der Waals surface area contributed by atoms with Crippen molar-refractivity contribution in [1.82, 2.24) is 20.5 Å². The number of benzene rings is 1. The van der Waals surface area contributed by atoms with E-state index < -0.39 is 5.69 Å². The molecule has 19 heavy (non-hydrogen) atoms. The summed E-state index contributed by atoms with van der Waals surface area (Å²) >= 11 is 0. The molecule has 1 aromatic heterocycles. The van der Waals surface area contributed by atoms with E-state index in [1.165, 1.54) is 0 Å². The highest BCUT2D eigenvalue weighted by atomic mass is 16.2. The number of aromatic nitrogens is 3. The first kappa shape index (κ1) is 13.1. The Kier molecular flexibility index (Phi) is 4.12. The van der Waals surface area contributed by atoms with Crippen LogP contribution in [-0.2, 0) is 0 Å². The number of carbonyl (C=O) groups is 1. The average Bonchev–Trinajstić information content (AvgIpc) is 2.86. The number of amides is 1. The summed E-state index contributed by atoms with van der Waals surface area (Å²) in [5.41, 5.74) is 0.549. The molecule has 3 N–H and O–H groups in total. The van der Waals surface area contributed by atoms with Gasteiger partial charge in [-0.25, -0.2) is 9.89 Å². The van der Waals surface area contributed by atoms with Gasteiger partial charge in [-0.3, -0.25) is 9.78 Å². The lowest BCUT2D eigenvalue weighted by molar-refractivity contribution is 0.0924. The minimum absolute atomic E-state index is 0.00188. The molecule has 1 amide bonds. The van der Waals surface area contributed by atoms with Crippen molar-refractivity contribution < 1.29 is 4.79 Å². The molecule has 6 heteroatoms. The highest BCUT2D eigenvalue weighted by molar-refractivity contribution is 5.90. The molecule has 0 aliphatic heterocycles. The van der Waals surface area contributed by atoms with E-state index in [0.29, 0.717) is 0 Å². The van der Waals surface area contributed by atoms with Crippen molar-refractivity contribution in [3.63, 3.8) is 0 Å². The van der Waals surface area contributed by atoms with Gasteiger partial charge in [-0.1, -0.05) is 43.7 Å². The molecule has 0 fully saturated rings. The molecule has 0 radical (unpaired) electrons. The minimum Gasteiger partial charge on any atom is -0.343 e. The van der Waals surface area contributed by atoms with E-state index in [1.807, 2.05) is 30.3 Å². The van der Waals surface area contributed by atoms with Gasteiger partial charge in [0.05, 0.1) is 6.04 Å². The van der Waals surface area contributed by atoms with Crippen LogP contribution in [0.15, 0.2) is 35.1 Å². The number of H-pyrrole nitrogens is 2. The van der Waals surface area contributed by atoms with E-state index in [2.05, 4.69) is 27.4 Å². The van der Waals surface area contributed by atoms with Gasteiger partial charge in [-0.15, -0.1) is 5.10 Å². The number of carbonyl (C=O) groups excluding carboxylic acids is 1. The zero-order valence-corrected chi connectivity index (χ0v) is 10.6. The van der Waals surface area contributed by atoms with Crippen molar-refractivity contribution in [3.05, 3.63) is 52.2 Å². The van der Waals surface area contributed by atoms with Crippen molar-refractivity contribution in [2.24, 2.45) is 0 Å². The number of aromatic amines is 2. The number of nitrogens with one attached hydrogen (secondary N) is 3. The van der Waals surface area contributed by atoms with Crippen LogP contribution in [0.1, 0.15) is 42.0 Å². The third kappa shape index (κ3) is 3.31. The first-order valence-corrected chi connectivity index (χ1v) is 6.21. The number of hydrogen-bond donors (Lipinski definition) is 3. The van der Waals surface area contributed by atoms with Crippen LogP contribution >= 0.6 is 0 Å². The quantitative estimate of drug-likeness (QED) is 0.758. The van der Waals surface area contributed by atoms with Gasteiger partial charge in [0, 0.05) is 0 Å². The Bertz CT molecular complexity index is 588. The summed E-state index contributed by atoms with van der Waals surface area (Å²) < 4.78 is 0. The maximum atomic E-state index is 12.0. The molecule has 2 rings (SSSR count). The monoisotopic (exact) mass is 260 g/mol. The highest BCUT2D eigenvalue weighted by Gasteiger charge is 2.16. The van der Waals surface area contributed by atoms with Gasteiger partial charge in [0.1, 0.15) is 0 Å². The van der Waals surface area contributed by atoms with E-state index in [0.717, 1.165) is 18.4 Å². The lowest BCUT2D eigenvalue weighted by Crippen LogP contribution is -2.29. The fraction of sp³-hybridized carbons (Fsp3) is 0.308. The Labute approximate surface area is 110 Å².